The normalized spacial score (nSPS) is 23.4. The van der Waals surface area contributed by atoms with Gasteiger partial charge in [-0.2, -0.15) is 4.98 Å². The van der Waals surface area contributed by atoms with Crippen LogP contribution in [-0.2, 0) is 21.7 Å². The van der Waals surface area contributed by atoms with Crippen molar-refractivity contribution in [3.05, 3.63) is 77.6 Å². The Kier molecular flexibility index (Phi) is 6.47. The summed E-state index contributed by atoms with van der Waals surface area (Å²) in [5.41, 5.74) is 1.06. The maximum atomic E-state index is 16.2. The van der Waals surface area contributed by atoms with Crippen molar-refractivity contribution in [2.75, 3.05) is 13.1 Å². The third kappa shape index (κ3) is 4.56. The zero-order valence-electron chi connectivity index (χ0n) is 22.4. The highest BCUT2D eigenvalue weighted by atomic mass is 19.1. The summed E-state index contributed by atoms with van der Waals surface area (Å²) in [6.07, 6.45) is 3.78. The van der Waals surface area contributed by atoms with E-state index in [1.165, 1.54) is 6.39 Å². The van der Waals surface area contributed by atoms with Crippen molar-refractivity contribution in [1.29, 1.82) is 0 Å². The molecular formula is C30H30FN5O4. The number of aliphatic hydroxyl groups is 1. The molecule has 2 aromatic carbocycles. The van der Waals surface area contributed by atoms with E-state index in [2.05, 4.69) is 25.3 Å². The van der Waals surface area contributed by atoms with Gasteiger partial charge in [0.1, 0.15) is 5.82 Å². The Bertz CT molecular complexity index is 1610. The summed E-state index contributed by atoms with van der Waals surface area (Å²) in [7, 11) is 0. The van der Waals surface area contributed by atoms with Crippen LogP contribution in [0.15, 0.2) is 59.6 Å². The molecule has 2 saturated heterocycles. The number of likely N-dealkylation sites (tertiary alicyclic amines) is 1. The number of piperidine rings is 2. The van der Waals surface area contributed by atoms with Crippen LogP contribution in [0.1, 0.15) is 55.7 Å². The van der Waals surface area contributed by atoms with Gasteiger partial charge in [0.05, 0.1) is 17.0 Å². The molecule has 2 amide bonds. The Labute approximate surface area is 230 Å². The average molecular weight is 544 g/mol. The molecule has 6 rings (SSSR count). The van der Waals surface area contributed by atoms with Crippen LogP contribution in [-0.4, -0.2) is 50.0 Å². The number of nitrogens with zero attached hydrogens (tertiary/aromatic N) is 4. The Morgan fingerprint density at radius 2 is 2.02 bits per heavy atom. The van der Waals surface area contributed by atoms with Gasteiger partial charge in [0.25, 0.3) is 0 Å². The number of hydrogen-bond donors (Lipinski definition) is 2. The molecule has 0 radical (unpaired) electrons. The fraction of sp³-hybridized carbons (Fsp3) is 0.367. The number of carbonyl (C=O) groups is 2. The smallest absolute Gasteiger partial charge is 0.234 e. The lowest BCUT2D eigenvalue weighted by molar-refractivity contribution is -0.134. The van der Waals surface area contributed by atoms with Gasteiger partial charge in [-0.25, -0.2) is 4.39 Å². The van der Waals surface area contributed by atoms with E-state index in [1.54, 1.807) is 24.4 Å². The summed E-state index contributed by atoms with van der Waals surface area (Å²) in [6.45, 7) is 5.68. The highest BCUT2D eigenvalue weighted by Crippen LogP contribution is 2.48. The predicted molar refractivity (Wildman–Crippen MR) is 144 cm³/mol. The number of nitrogens with one attached hydrogen (secondary N) is 1. The zero-order valence-corrected chi connectivity index (χ0v) is 22.4. The van der Waals surface area contributed by atoms with Crippen LogP contribution in [0.3, 0.4) is 0 Å². The average Bonchev–Trinajstić information content (AvgIpc) is 3.46. The molecule has 2 atom stereocenters. The second kappa shape index (κ2) is 9.87. The summed E-state index contributed by atoms with van der Waals surface area (Å²) >= 11 is 0. The van der Waals surface area contributed by atoms with Crippen LogP contribution in [0.25, 0.3) is 22.3 Å². The third-order valence-electron chi connectivity index (χ3n) is 8.39. The first kappa shape index (κ1) is 26.2. The molecule has 2 N–H and O–H groups in total. The molecule has 0 spiro atoms. The summed E-state index contributed by atoms with van der Waals surface area (Å²) in [5.74, 6) is -1.28. The Morgan fingerprint density at radius 1 is 1.18 bits per heavy atom. The summed E-state index contributed by atoms with van der Waals surface area (Å²) in [4.78, 5) is 34.7. The van der Waals surface area contributed by atoms with Crippen LogP contribution in [0.5, 0.6) is 0 Å². The van der Waals surface area contributed by atoms with Crippen LogP contribution in [0.2, 0.25) is 0 Å². The molecule has 2 fully saturated rings. The number of aromatic nitrogens is 3. The molecule has 4 aromatic rings. The molecule has 0 bridgehead atoms. The van der Waals surface area contributed by atoms with E-state index >= 15 is 4.39 Å². The summed E-state index contributed by atoms with van der Waals surface area (Å²) in [5, 5.41) is 18.6. The van der Waals surface area contributed by atoms with Crippen LogP contribution in [0.4, 0.5) is 4.39 Å². The fourth-order valence-corrected chi connectivity index (χ4v) is 6.13. The number of imide groups is 1. The van der Waals surface area contributed by atoms with Crippen molar-refractivity contribution in [1.82, 2.24) is 25.3 Å². The standard InChI is InChI=1S/C30H30FN5O4/c1-29(2)16-36(15-18-4-3-5-19(12-18)27-33-17-40-35-27)11-10-30(29,39)23-7-8-24-22(26(23)31)13-20(14-32-24)21-6-9-25(37)34-28(21)38/h3-5,7-8,12-14,17,21,39H,6,9-11,15-16H2,1-2H3,(H,34,37,38). The molecule has 206 valence electrons. The van der Waals surface area contributed by atoms with Crippen molar-refractivity contribution >= 4 is 22.7 Å². The second-order valence-electron chi connectivity index (χ2n) is 11.4. The highest BCUT2D eigenvalue weighted by Gasteiger charge is 2.50. The lowest BCUT2D eigenvalue weighted by atomic mass is 9.66. The largest absolute Gasteiger partial charge is 0.384 e. The number of hydrogen-bond acceptors (Lipinski definition) is 8. The number of rotatable bonds is 5. The Balaban J connectivity index is 1.26. The molecule has 2 aromatic heterocycles. The molecule has 9 nitrogen and oxygen atoms in total. The van der Waals surface area contributed by atoms with E-state index in [1.807, 2.05) is 38.1 Å². The van der Waals surface area contributed by atoms with Gasteiger partial charge in [0, 0.05) is 54.2 Å². The maximum absolute atomic E-state index is 16.2. The molecule has 2 aliphatic rings. The first-order valence-corrected chi connectivity index (χ1v) is 13.4. The monoisotopic (exact) mass is 543 g/mol. The molecule has 40 heavy (non-hydrogen) atoms. The maximum Gasteiger partial charge on any atom is 0.234 e. The number of carbonyl (C=O) groups excluding carboxylic acids is 2. The third-order valence-corrected chi connectivity index (χ3v) is 8.39. The van der Waals surface area contributed by atoms with Crippen molar-refractivity contribution in [3.8, 4) is 11.4 Å². The van der Waals surface area contributed by atoms with Crippen LogP contribution in [0, 0.1) is 11.2 Å². The van der Waals surface area contributed by atoms with Gasteiger partial charge < -0.3 is 9.63 Å². The summed E-state index contributed by atoms with van der Waals surface area (Å²) in [6, 6.07) is 12.9. The minimum atomic E-state index is -1.42. The Morgan fingerprint density at radius 3 is 2.77 bits per heavy atom. The van der Waals surface area contributed by atoms with Gasteiger partial charge in [0.15, 0.2) is 0 Å². The van der Waals surface area contributed by atoms with Gasteiger partial charge in [0.2, 0.25) is 24.0 Å². The SMILES string of the molecule is CC1(C)CN(Cc2cccc(-c3ncon3)c2)CCC1(O)c1ccc2ncc(C3CCC(=O)NC3=O)cc2c1F. The molecule has 2 unspecified atom stereocenters. The first-order chi connectivity index (χ1) is 19.1. The van der Waals surface area contributed by atoms with Crippen molar-refractivity contribution in [2.45, 2.75) is 51.2 Å². The van der Waals surface area contributed by atoms with Crippen LogP contribution >= 0.6 is 0 Å². The Hall–Kier alpha value is -4.02. The van der Waals surface area contributed by atoms with E-state index in [4.69, 9.17) is 4.52 Å². The lowest BCUT2D eigenvalue weighted by Gasteiger charge is -2.50. The predicted octanol–water partition coefficient (Wildman–Crippen LogP) is 4.06. The molecule has 0 saturated carbocycles. The van der Waals surface area contributed by atoms with Crippen molar-refractivity contribution in [2.24, 2.45) is 5.41 Å². The minimum Gasteiger partial charge on any atom is -0.384 e. The van der Waals surface area contributed by atoms with Crippen molar-refractivity contribution in [3.63, 3.8) is 0 Å². The molecule has 2 aliphatic heterocycles. The molecular weight excluding hydrogens is 513 g/mol. The first-order valence-electron chi connectivity index (χ1n) is 13.4. The lowest BCUT2D eigenvalue weighted by Crippen LogP contribution is -2.55. The number of pyridine rings is 1. The number of halogens is 1. The fourth-order valence-electron chi connectivity index (χ4n) is 6.13. The van der Waals surface area contributed by atoms with E-state index in [0.29, 0.717) is 49.4 Å². The summed E-state index contributed by atoms with van der Waals surface area (Å²) < 4.78 is 21.1. The molecule has 10 heteroatoms. The van der Waals surface area contributed by atoms with E-state index < -0.39 is 28.7 Å². The zero-order chi connectivity index (χ0) is 28.1. The van der Waals surface area contributed by atoms with Gasteiger partial charge >= 0.3 is 0 Å². The van der Waals surface area contributed by atoms with Crippen molar-refractivity contribution < 1.29 is 23.6 Å². The number of fused-ring (bicyclic) bond motifs is 1. The van der Waals surface area contributed by atoms with Gasteiger partial charge in [-0.15, -0.1) is 0 Å². The number of benzene rings is 2. The van der Waals surface area contributed by atoms with E-state index in [-0.39, 0.29) is 23.3 Å². The van der Waals surface area contributed by atoms with Gasteiger partial charge in [-0.05, 0) is 42.2 Å². The highest BCUT2D eigenvalue weighted by molar-refractivity contribution is 6.01. The van der Waals surface area contributed by atoms with E-state index in [9.17, 15) is 14.7 Å². The second-order valence-corrected chi connectivity index (χ2v) is 11.4. The van der Waals surface area contributed by atoms with Gasteiger partial charge in [-0.3, -0.25) is 24.8 Å². The quantitative estimate of drug-likeness (QED) is 0.362. The van der Waals surface area contributed by atoms with Gasteiger partial charge in [-0.1, -0.05) is 43.3 Å². The molecule has 0 aliphatic carbocycles. The minimum absolute atomic E-state index is 0.225. The van der Waals surface area contributed by atoms with E-state index in [0.717, 1.165) is 11.1 Å². The van der Waals surface area contributed by atoms with Crippen LogP contribution < -0.4 is 5.32 Å². The number of amides is 2. The topological polar surface area (TPSA) is 121 Å². The molecule has 4 heterocycles.